The second-order valence-corrected chi connectivity index (χ2v) is 3.04. The Morgan fingerprint density at radius 3 is 2.73 bits per heavy atom. The highest BCUT2D eigenvalue weighted by atomic mass is 16.5. The number of benzene rings is 1. The maximum atomic E-state index is 8.65. The zero-order valence-corrected chi connectivity index (χ0v) is 8.13. The highest BCUT2D eigenvalue weighted by molar-refractivity contribution is 6.17. The van der Waals surface area contributed by atoms with Crippen LogP contribution in [0.15, 0.2) is 48.8 Å². The summed E-state index contributed by atoms with van der Waals surface area (Å²) in [6.07, 6.45) is 3.52. The summed E-state index contributed by atoms with van der Waals surface area (Å²) in [6.45, 7) is 0. The van der Waals surface area contributed by atoms with Crippen molar-refractivity contribution in [1.29, 1.82) is 0 Å². The molecule has 0 saturated heterocycles. The third kappa shape index (κ3) is 2.36. The summed E-state index contributed by atoms with van der Waals surface area (Å²) in [6, 6.07) is 11.4. The first-order valence-corrected chi connectivity index (χ1v) is 4.64. The Morgan fingerprint density at radius 1 is 1.13 bits per heavy atom. The summed E-state index contributed by atoms with van der Waals surface area (Å²) >= 11 is 0. The molecule has 74 valence electrons. The van der Waals surface area contributed by atoms with Gasteiger partial charge in [0.1, 0.15) is 5.75 Å². The van der Waals surface area contributed by atoms with Gasteiger partial charge < -0.3 is 9.68 Å². The molecule has 0 bridgehead atoms. The number of pyridine rings is 1. The van der Waals surface area contributed by atoms with Crippen LogP contribution in [-0.4, -0.2) is 17.7 Å². The fraction of sp³-hybridized carbons (Fsp3) is 0. The molecule has 0 saturated carbocycles. The Balaban J connectivity index is 2.33. The molecule has 0 fully saturated rings. The molecule has 0 aliphatic rings. The van der Waals surface area contributed by atoms with E-state index in [1.807, 2.05) is 30.3 Å². The second kappa shape index (κ2) is 4.62. The lowest BCUT2D eigenvalue weighted by Crippen LogP contribution is -1.99. The summed E-state index contributed by atoms with van der Waals surface area (Å²) in [7, 11) is -0.309. The summed E-state index contributed by atoms with van der Waals surface area (Å²) in [5.41, 5.74) is 2.05. The minimum atomic E-state index is -0.309. The molecule has 2 rings (SSSR count). The van der Waals surface area contributed by atoms with E-state index in [0.29, 0.717) is 5.75 Å². The summed E-state index contributed by atoms with van der Waals surface area (Å²) in [4.78, 5) is 4.05. The molecule has 1 aromatic heterocycles. The minimum absolute atomic E-state index is 0.309. The molecular formula is C11H10BNO2. The van der Waals surface area contributed by atoms with E-state index in [4.69, 9.17) is 9.68 Å². The first-order valence-electron chi connectivity index (χ1n) is 4.64. The molecule has 0 unspecified atom stereocenters. The number of aromatic nitrogens is 1. The van der Waals surface area contributed by atoms with E-state index in [1.54, 1.807) is 18.5 Å². The van der Waals surface area contributed by atoms with Crippen LogP contribution in [0.25, 0.3) is 11.1 Å². The third-order valence-corrected chi connectivity index (χ3v) is 2.06. The Morgan fingerprint density at radius 2 is 2.00 bits per heavy atom. The predicted molar refractivity (Wildman–Crippen MR) is 59.7 cm³/mol. The van der Waals surface area contributed by atoms with Crippen molar-refractivity contribution in [1.82, 2.24) is 4.98 Å². The number of rotatable bonds is 3. The van der Waals surface area contributed by atoms with Crippen LogP contribution < -0.4 is 4.65 Å². The number of hydrogen-bond acceptors (Lipinski definition) is 3. The Hall–Kier alpha value is -1.81. The predicted octanol–water partition coefficient (Wildman–Crippen LogP) is 1.39. The van der Waals surface area contributed by atoms with Gasteiger partial charge in [-0.2, -0.15) is 0 Å². The normalized spacial score (nSPS) is 9.67. The third-order valence-electron chi connectivity index (χ3n) is 2.06. The van der Waals surface area contributed by atoms with Gasteiger partial charge in [-0.3, -0.25) is 4.98 Å². The largest absolute Gasteiger partial charge is 0.539 e. The highest BCUT2D eigenvalue weighted by Crippen LogP contribution is 2.22. The van der Waals surface area contributed by atoms with Crippen molar-refractivity contribution in [2.24, 2.45) is 0 Å². The van der Waals surface area contributed by atoms with E-state index in [9.17, 15) is 0 Å². The Bertz CT molecular complexity index is 434. The Labute approximate surface area is 88.7 Å². The molecule has 1 aromatic carbocycles. The molecule has 1 heterocycles. The van der Waals surface area contributed by atoms with Gasteiger partial charge in [0.05, 0.1) is 0 Å². The van der Waals surface area contributed by atoms with Crippen LogP contribution in [0.5, 0.6) is 5.75 Å². The van der Waals surface area contributed by atoms with Gasteiger partial charge in [0.2, 0.25) is 0 Å². The molecule has 0 atom stereocenters. The van der Waals surface area contributed by atoms with Gasteiger partial charge in [0, 0.05) is 18.0 Å². The fourth-order valence-electron chi connectivity index (χ4n) is 1.37. The minimum Gasteiger partial charge on any atom is -0.539 e. The van der Waals surface area contributed by atoms with E-state index in [1.165, 1.54) is 0 Å². The van der Waals surface area contributed by atoms with E-state index in [-0.39, 0.29) is 7.69 Å². The van der Waals surface area contributed by atoms with Gasteiger partial charge in [-0.05, 0) is 23.8 Å². The second-order valence-electron chi connectivity index (χ2n) is 3.04. The van der Waals surface area contributed by atoms with Gasteiger partial charge >= 0.3 is 7.69 Å². The van der Waals surface area contributed by atoms with Crippen LogP contribution in [0.4, 0.5) is 0 Å². The monoisotopic (exact) mass is 199 g/mol. The fourth-order valence-corrected chi connectivity index (χ4v) is 1.37. The maximum Gasteiger partial charge on any atom is 0.504 e. The van der Waals surface area contributed by atoms with Crippen LogP contribution >= 0.6 is 0 Å². The van der Waals surface area contributed by atoms with Crippen molar-refractivity contribution in [3.8, 4) is 16.9 Å². The summed E-state index contributed by atoms with van der Waals surface area (Å²) in [5.74, 6) is 0.652. The summed E-state index contributed by atoms with van der Waals surface area (Å²) in [5, 5.41) is 8.65. The summed E-state index contributed by atoms with van der Waals surface area (Å²) < 4.78 is 5.00. The smallest absolute Gasteiger partial charge is 0.504 e. The van der Waals surface area contributed by atoms with E-state index < -0.39 is 0 Å². The lowest BCUT2D eigenvalue weighted by molar-refractivity contribution is 0.454. The molecular weight excluding hydrogens is 189 g/mol. The standard InChI is InChI=1S/C11H10BNO2/c14-12-15-11-5-1-3-9(7-11)10-4-2-6-13-8-10/h1-8,12,14H. The van der Waals surface area contributed by atoms with Crippen molar-refractivity contribution in [2.75, 3.05) is 0 Å². The molecule has 0 aliphatic heterocycles. The van der Waals surface area contributed by atoms with Crippen molar-refractivity contribution in [3.05, 3.63) is 48.8 Å². The number of nitrogens with zero attached hydrogens (tertiary/aromatic N) is 1. The van der Waals surface area contributed by atoms with Crippen molar-refractivity contribution >= 4 is 7.69 Å². The average molecular weight is 199 g/mol. The maximum absolute atomic E-state index is 8.65. The van der Waals surface area contributed by atoms with Crippen molar-refractivity contribution < 1.29 is 9.68 Å². The quantitative estimate of drug-likeness (QED) is 0.759. The molecule has 15 heavy (non-hydrogen) atoms. The number of hydrogen-bond donors (Lipinski definition) is 1. The zero-order valence-electron chi connectivity index (χ0n) is 8.13. The van der Waals surface area contributed by atoms with Crippen molar-refractivity contribution in [3.63, 3.8) is 0 Å². The zero-order chi connectivity index (χ0) is 10.5. The molecule has 0 spiro atoms. The average Bonchev–Trinajstić information content (AvgIpc) is 2.31. The molecule has 2 aromatic rings. The topological polar surface area (TPSA) is 42.4 Å². The van der Waals surface area contributed by atoms with E-state index in [2.05, 4.69) is 4.98 Å². The van der Waals surface area contributed by atoms with Crippen LogP contribution in [0, 0.1) is 0 Å². The first-order chi connectivity index (χ1) is 7.40. The Kier molecular flexibility index (Phi) is 3.00. The van der Waals surface area contributed by atoms with Gasteiger partial charge in [-0.15, -0.1) is 0 Å². The van der Waals surface area contributed by atoms with Gasteiger partial charge in [-0.25, -0.2) is 0 Å². The molecule has 0 amide bonds. The van der Waals surface area contributed by atoms with Gasteiger partial charge in [-0.1, -0.05) is 18.2 Å². The first kappa shape index (κ1) is 9.74. The lowest BCUT2D eigenvalue weighted by Gasteiger charge is -2.05. The molecule has 3 nitrogen and oxygen atoms in total. The lowest BCUT2D eigenvalue weighted by atomic mass is 10.1. The van der Waals surface area contributed by atoms with E-state index >= 15 is 0 Å². The van der Waals surface area contributed by atoms with Crippen LogP contribution in [0.3, 0.4) is 0 Å². The van der Waals surface area contributed by atoms with Crippen LogP contribution in [0.2, 0.25) is 0 Å². The highest BCUT2D eigenvalue weighted by Gasteiger charge is 1.99. The molecule has 4 heteroatoms. The van der Waals surface area contributed by atoms with Crippen LogP contribution in [-0.2, 0) is 0 Å². The van der Waals surface area contributed by atoms with Crippen LogP contribution in [0.1, 0.15) is 0 Å². The van der Waals surface area contributed by atoms with Gasteiger partial charge in [0.15, 0.2) is 0 Å². The molecule has 0 radical (unpaired) electrons. The van der Waals surface area contributed by atoms with E-state index in [0.717, 1.165) is 11.1 Å². The van der Waals surface area contributed by atoms with Crippen molar-refractivity contribution in [2.45, 2.75) is 0 Å². The molecule has 1 N–H and O–H groups in total. The van der Waals surface area contributed by atoms with Gasteiger partial charge in [0.25, 0.3) is 0 Å². The molecule has 0 aliphatic carbocycles. The SMILES string of the molecule is OBOc1cccc(-c2cccnc2)c1.